The van der Waals surface area contributed by atoms with Crippen LogP contribution in [0.2, 0.25) is 0 Å². The Hall–Kier alpha value is -1.63. The van der Waals surface area contributed by atoms with Crippen molar-refractivity contribution in [3.63, 3.8) is 0 Å². The van der Waals surface area contributed by atoms with Crippen LogP contribution >= 0.6 is 0 Å². The van der Waals surface area contributed by atoms with Crippen LogP contribution in [0.4, 0.5) is 0 Å². The summed E-state index contributed by atoms with van der Waals surface area (Å²) in [6.45, 7) is -0.211. The molecule has 2 aromatic heterocycles. The molecule has 1 fully saturated rings. The van der Waals surface area contributed by atoms with Crippen LogP contribution in [0.3, 0.4) is 0 Å². The van der Waals surface area contributed by atoms with Crippen LogP contribution in [0, 0.1) is 0 Å². The van der Waals surface area contributed by atoms with Crippen molar-refractivity contribution in [3.05, 3.63) is 34.9 Å². The molecule has 3 rings (SSSR count). The van der Waals surface area contributed by atoms with Crippen LogP contribution in [-0.4, -0.2) is 38.6 Å². The summed E-state index contributed by atoms with van der Waals surface area (Å²) >= 11 is 0. The number of ether oxygens (including phenoxy) is 1. The van der Waals surface area contributed by atoms with E-state index in [0.717, 1.165) is 5.52 Å². The maximum Gasteiger partial charge on any atom is 0.257 e. The SMILES string of the molecule is O=c1[nH]ccc2c1ccn2[C@H]1C[C@H](O)[C@@H](CO)O1. The molecule has 3 heterocycles. The third-order valence-electron chi connectivity index (χ3n) is 3.35. The zero-order valence-electron chi connectivity index (χ0n) is 9.61. The maximum absolute atomic E-state index is 11.6. The number of nitrogens with one attached hydrogen (secondary N) is 1. The van der Waals surface area contributed by atoms with E-state index in [0.29, 0.717) is 11.8 Å². The summed E-state index contributed by atoms with van der Waals surface area (Å²) in [6.07, 6.45) is 2.15. The lowest BCUT2D eigenvalue weighted by molar-refractivity contribution is -0.0429. The third-order valence-corrected chi connectivity index (χ3v) is 3.35. The van der Waals surface area contributed by atoms with Gasteiger partial charge in [0.2, 0.25) is 0 Å². The molecule has 0 radical (unpaired) electrons. The predicted molar refractivity (Wildman–Crippen MR) is 64.2 cm³/mol. The number of hydrogen-bond donors (Lipinski definition) is 3. The van der Waals surface area contributed by atoms with E-state index in [1.165, 1.54) is 0 Å². The highest BCUT2D eigenvalue weighted by Gasteiger charge is 2.34. The minimum Gasteiger partial charge on any atom is -0.394 e. The highest BCUT2D eigenvalue weighted by molar-refractivity contribution is 5.78. The molecule has 3 N–H and O–H groups in total. The Morgan fingerprint density at radius 2 is 2.33 bits per heavy atom. The van der Waals surface area contributed by atoms with E-state index >= 15 is 0 Å². The topological polar surface area (TPSA) is 87.5 Å². The molecule has 0 unspecified atom stereocenters. The standard InChI is InChI=1S/C12H14N2O4/c15-6-10-9(16)5-11(18-10)14-4-2-7-8(14)1-3-13-12(7)17/h1-4,9-11,15-16H,5-6H2,(H,13,17)/t9-,10+,11+/m0/s1. The fourth-order valence-electron chi connectivity index (χ4n) is 2.40. The lowest BCUT2D eigenvalue weighted by Gasteiger charge is -2.14. The first-order chi connectivity index (χ1) is 8.70. The molecule has 0 aromatic carbocycles. The van der Waals surface area contributed by atoms with Gasteiger partial charge in [0, 0.05) is 18.8 Å². The summed E-state index contributed by atoms with van der Waals surface area (Å²) in [5.74, 6) is 0. The molecule has 1 aliphatic heterocycles. The summed E-state index contributed by atoms with van der Waals surface area (Å²) in [5, 5.41) is 19.4. The molecule has 18 heavy (non-hydrogen) atoms. The van der Waals surface area contributed by atoms with Gasteiger partial charge in [0.05, 0.1) is 23.6 Å². The number of aliphatic hydroxyl groups excluding tert-OH is 2. The van der Waals surface area contributed by atoms with E-state index in [1.54, 1.807) is 24.5 Å². The first kappa shape index (κ1) is 11.5. The summed E-state index contributed by atoms with van der Waals surface area (Å²) in [4.78, 5) is 14.2. The summed E-state index contributed by atoms with van der Waals surface area (Å²) in [5.41, 5.74) is 0.609. The molecule has 6 nitrogen and oxygen atoms in total. The van der Waals surface area contributed by atoms with Gasteiger partial charge in [-0.1, -0.05) is 0 Å². The second-order valence-corrected chi connectivity index (χ2v) is 4.44. The largest absolute Gasteiger partial charge is 0.394 e. The van der Waals surface area contributed by atoms with Gasteiger partial charge in [-0.05, 0) is 12.1 Å². The minimum atomic E-state index is -0.681. The number of H-pyrrole nitrogens is 1. The Morgan fingerprint density at radius 1 is 1.50 bits per heavy atom. The third kappa shape index (κ3) is 1.66. The van der Waals surface area contributed by atoms with Crippen molar-refractivity contribution in [3.8, 4) is 0 Å². The van der Waals surface area contributed by atoms with Gasteiger partial charge in [-0.3, -0.25) is 4.79 Å². The van der Waals surface area contributed by atoms with E-state index < -0.39 is 12.2 Å². The molecule has 1 aliphatic rings. The lowest BCUT2D eigenvalue weighted by Crippen LogP contribution is -2.24. The highest BCUT2D eigenvalue weighted by atomic mass is 16.5. The van der Waals surface area contributed by atoms with Crippen molar-refractivity contribution in [2.45, 2.75) is 24.9 Å². The Balaban J connectivity index is 2.01. The molecular formula is C12H14N2O4. The molecule has 0 aliphatic carbocycles. The van der Waals surface area contributed by atoms with Gasteiger partial charge in [-0.25, -0.2) is 0 Å². The fourth-order valence-corrected chi connectivity index (χ4v) is 2.40. The predicted octanol–water partition coefficient (Wildman–Crippen LogP) is -0.0297. The molecule has 0 saturated carbocycles. The second-order valence-electron chi connectivity index (χ2n) is 4.44. The second kappa shape index (κ2) is 4.24. The van der Waals surface area contributed by atoms with Crippen molar-refractivity contribution < 1.29 is 14.9 Å². The van der Waals surface area contributed by atoms with Gasteiger partial charge >= 0.3 is 0 Å². The number of hydrogen-bond acceptors (Lipinski definition) is 4. The van der Waals surface area contributed by atoms with Crippen LogP contribution in [0.15, 0.2) is 29.3 Å². The Bertz CT molecular complexity index is 618. The molecule has 0 bridgehead atoms. The number of fused-ring (bicyclic) bond motifs is 1. The van der Waals surface area contributed by atoms with Gasteiger partial charge in [0.15, 0.2) is 0 Å². The number of aromatic amines is 1. The van der Waals surface area contributed by atoms with Crippen LogP contribution in [-0.2, 0) is 4.74 Å². The average Bonchev–Trinajstić information content (AvgIpc) is 2.93. The number of pyridine rings is 1. The maximum atomic E-state index is 11.6. The van der Waals surface area contributed by atoms with Gasteiger partial charge in [0.1, 0.15) is 12.3 Å². The average molecular weight is 250 g/mol. The minimum absolute atomic E-state index is 0.150. The molecular weight excluding hydrogens is 236 g/mol. The summed E-state index contributed by atoms with van der Waals surface area (Å²) in [7, 11) is 0. The van der Waals surface area contributed by atoms with Crippen LogP contribution in [0.1, 0.15) is 12.6 Å². The summed E-state index contributed by atoms with van der Waals surface area (Å²) in [6, 6.07) is 3.51. The van der Waals surface area contributed by atoms with E-state index in [2.05, 4.69) is 4.98 Å². The van der Waals surface area contributed by atoms with Crippen molar-refractivity contribution in [1.29, 1.82) is 0 Å². The number of nitrogens with zero attached hydrogens (tertiary/aromatic N) is 1. The van der Waals surface area contributed by atoms with Crippen LogP contribution in [0.25, 0.3) is 10.9 Å². The van der Waals surface area contributed by atoms with E-state index in [9.17, 15) is 9.90 Å². The number of aliphatic hydroxyl groups is 2. The molecule has 6 heteroatoms. The number of rotatable bonds is 2. The Kier molecular flexibility index (Phi) is 2.70. The zero-order valence-corrected chi connectivity index (χ0v) is 9.61. The first-order valence-corrected chi connectivity index (χ1v) is 5.83. The zero-order chi connectivity index (χ0) is 12.7. The molecule has 96 valence electrons. The quantitative estimate of drug-likeness (QED) is 0.698. The summed E-state index contributed by atoms with van der Waals surface area (Å²) < 4.78 is 7.37. The highest BCUT2D eigenvalue weighted by Crippen LogP contribution is 2.30. The van der Waals surface area contributed by atoms with Gasteiger partial charge in [0.25, 0.3) is 5.56 Å². The molecule has 0 amide bonds. The first-order valence-electron chi connectivity index (χ1n) is 5.83. The van der Waals surface area contributed by atoms with Crippen molar-refractivity contribution in [2.75, 3.05) is 6.61 Å². The van der Waals surface area contributed by atoms with Gasteiger partial charge in [-0.2, -0.15) is 0 Å². The molecule has 3 atom stereocenters. The van der Waals surface area contributed by atoms with Crippen molar-refractivity contribution in [2.24, 2.45) is 0 Å². The van der Waals surface area contributed by atoms with Crippen molar-refractivity contribution >= 4 is 10.9 Å². The van der Waals surface area contributed by atoms with Crippen molar-refractivity contribution in [1.82, 2.24) is 9.55 Å². The van der Waals surface area contributed by atoms with E-state index in [-0.39, 0.29) is 18.4 Å². The normalized spacial score (nSPS) is 28.0. The van der Waals surface area contributed by atoms with E-state index in [1.807, 2.05) is 4.57 Å². The molecule has 2 aromatic rings. The Morgan fingerprint density at radius 3 is 3.06 bits per heavy atom. The molecule has 1 saturated heterocycles. The fraction of sp³-hybridized carbons (Fsp3) is 0.417. The van der Waals surface area contributed by atoms with Gasteiger partial charge in [-0.15, -0.1) is 0 Å². The monoisotopic (exact) mass is 250 g/mol. The Labute approximate surface area is 102 Å². The lowest BCUT2D eigenvalue weighted by atomic mass is 10.2. The number of aromatic nitrogens is 2. The van der Waals surface area contributed by atoms with Gasteiger partial charge < -0.3 is 24.5 Å². The smallest absolute Gasteiger partial charge is 0.257 e. The van der Waals surface area contributed by atoms with Crippen LogP contribution in [0.5, 0.6) is 0 Å². The van der Waals surface area contributed by atoms with Crippen LogP contribution < -0.4 is 5.56 Å². The molecule has 0 spiro atoms. The van der Waals surface area contributed by atoms with E-state index in [4.69, 9.17) is 9.84 Å².